The van der Waals surface area contributed by atoms with Gasteiger partial charge in [0.15, 0.2) is 11.9 Å². The van der Waals surface area contributed by atoms with Gasteiger partial charge in [0.05, 0.1) is 18.8 Å². The quantitative estimate of drug-likeness (QED) is 0.573. The molecule has 2 N–H and O–H groups in total. The number of nitrogens with zero attached hydrogens (tertiary/aromatic N) is 4. The number of likely N-dealkylation sites (N-methyl/N-ethyl adjacent to an activating group) is 1. The number of aromatic nitrogens is 2. The summed E-state index contributed by atoms with van der Waals surface area (Å²) < 4.78 is 5.50. The number of hydrogen-bond acceptors (Lipinski definition) is 6. The first kappa shape index (κ1) is 22.7. The number of anilines is 2. The van der Waals surface area contributed by atoms with Crippen LogP contribution in [0.15, 0.2) is 67.0 Å². The van der Waals surface area contributed by atoms with Gasteiger partial charge in [-0.15, -0.1) is 0 Å². The Morgan fingerprint density at radius 1 is 1.03 bits per heavy atom. The molecular formula is C26H28N6O3. The number of hydrogen-bond donors (Lipinski definition) is 2. The van der Waals surface area contributed by atoms with Gasteiger partial charge in [-0.05, 0) is 29.8 Å². The van der Waals surface area contributed by atoms with Crippen LogP contribution in [0.2, 0.25) is 0 Å². The molecule has 0 spiro atoms. The highest BCUT2D eigenvalue weighted by molar-refractivity contribution is 6.04. The summed E-state index contributed by atoms with van der Waals surface area (Å²) in [6.45, 7) is 2.57. The number of rotatable bonds is 6. The Hall–Kier alpha value is -4.11. The van der Waals surface area contributed by atoms with Gasteiger partial charge < -0.3 is 24.8 Å². The largest absolute Gasteiger partial charge is 0.377 e. The Balaban J connectivity index is 1.24. The maximum Gasteiger partial charge on any atom is 0.256 e. The molecule has 0 aliphatic carbocycles. The normalized spacial score (nSPS) is 15.8. The van der Waals surface area contributed by atoms with Gasteiger partial charge >= 0.3 is 0 Å². The fourth-order valence-electron chi connectivity index (χ4n) is 4.38. The lowest BCUT2D eigenvalue weighted by Gasteiger charge is -2.28. The molecule has 0 unspecified atom stereocenters. The predicted molar refractivity (Wildman–Crippen MR) is 133 cm³/mol. The third-order valence-electron chi connectivity index (χ3n) is 6.41. The second kappa shape index (κ2) is 9.63. The number of methoxy groups -OCH3 is 1. The van der Waals surface area contributed by atoms with Crippen molar-refractivity contribution in [2.75, 3.05) is 37.5 Å². The summed E-state index contributed by atoms with van der Waals surface area (Å²) in [6, 6.07) is 16.9. The van der Waals surface area contributed by atoms with Gasteiger partial charge in [0, 0.05) is 56.5 Å². The molecule has 35 heavy (non-hydrogen) atoms. The standard InChI is InChI=1S/C26H28N6O3/c1-30-12-14-31(15-13-30)20-10-8-19(9-11-20)25(33)27-24-21-16-32(17-22(21)28-29-24)26(34)23(35-2)18-6-4-3-5-7-18/h3-12,14,23H,13,15-17H2,1-2H3,(H2,27,28,29,33)/t23-/m1/s1. The Labute approximate surface area is 204 Å². The Bertz CT molecular complexity index is 1240. The minimum absolute atomic E-state index is 0.130. The molecule has 3 heterocycles. The van der Waals surface area contributed by atoms with Crippen LogP contribution in [0.3, 0.4) is 0 Å². The monoisotopic (exact) mass is 472 g/mol. The van der Waals surface area contributed by atoms with E-state index >= 15 is 0 Å². The molecule has 1 aromatic heterocycles. The van der Waals surface area contributed by atoms with Crippen LogP contribution in [-0.2, 0) is 22.6 Å². The molecular weight excluding hydrogens is 444 g/mol. The van der Waals surface area contributed by atoms with Crippen molar-refractivity contribution in [3.8, 4) is 0 Å². The lowest BCUT2D eigenvalue weighted by atomic mass is 10.1. The number of ether oxygens (including phenoxy) is 1. The highest BCUT2D eigenvalue weighted by Crippen LogP contribution is 2.31. The van der Waals surface area contributed by atoms with Crippen molar-refractivity contribution in [1.82, 2.24) is 20.0 Å². The van der Waals surface area contributed by atoms with Crippen LogP contribution in [-0.4, -0.2) is 59.1 Å². The number of benzene rings is 2. The van der Waals surface area contributed by atoms with Gasteiger partial charge in [0.25, 0.3) is 11.8 Å². The maximum absolute atomic E-state index is 13.1. The van der Waals surface area contributed by atoms with Crippen molar-refractivity contribution in [2.24, 2.45) is 0 Å². The highest BCUT2D eigenvalue weighted by atomic mass is 16.5. The fourth-order valence-corrected chi connectivity index (χ4v) is 4.38. The van der Waals surface area contributed by atoms with Crippen LogP contribution < -0.4 is 10.2 Å². The number of nitrogens with one attached hydrogen (secondary N) is 2. The van der Waals surface area contributed by atoms with Crippen molar-refractivity contribution in [3.63, 3.8) is 0 Å². The fraction of sp³-hybridized carbons (Fsp3) is 0.269. The Morgan fingerprint density at radius 3 is 2.49 bits per heavy atom. The zero-order valence-corrected chi connectivity index (χ0v) is 19.8. The highest BCUT2D eigenvalue weighted by Gasteiger charge is 2.33. The van der Waals surface area contributed by atoms with Crippen LogP contribution in [0, 0.1) is 0 Å². The van der Waals surface area contributed by atoms with E-state index in [1.165, 1.54) is 7.11 Å². The van der Waals surface area contributed by atoms with Crippen LogP contribution >= 0.6 is 0 Å². The van der Waals surface area contributed by atoms with Crippen molar-refractivity contribution in [3.05, 3.63) is 89.4 Å². The lowest BCUT2D eigenvalue weighted by Crippen LogP contribution is -2.32. The third-order valence-corrected chi connectivity index (χ3v) is 6.41. The van der Waals surface area contributed by atoms with Crippen LogP contribution in [0.4, 0.5) is 11.5 Å². The minimum Gasteiger partial charge on any atom is -0.377 e. The molecule has 5 rings (SSSR count). The predicted octanol–water partition coefficient (Wildman–Crippen LogP) is 3.11. The molecule has 2 aliphatic heterocycles. The van der Waals surface area contributed by atoms with Gasteiger partial charge in [0.1, 0.15) is 0 Å². The summed E-state index contributed by atoms with van der Waals surface area (Å²) >= 11 is 0. The summed E-state index contributed by atoms with van der Waals surface area (Å²) in [4.78, 5) is 32.0. The van der Waals surface area contributed by atoms with E-state index in [9.17, 15) is 9.59 Å². The topological polar surface area (TPSA) is 93.8 Å². The molecule has 0 saturated carbocycles. The molecule has 9 nitrogen and oxygen atoms in total. The van der Waals surface area contributed by atoms with E-state index < -0.39 is 6.10 Å². The van der Waals surface area contributed by atoms with Crippen LogP contribution in [0.25, 0.3) is 0 Å². The second-order valence-corrected chi connectivity index (χ2v) is 8.72. The molecule has 0 fully saturated rings. The lowest BCUT2D eigenvalue weighted by molar-refractivity contribution is -0.143. The smallest absolute Gasteiger partial charge is 0.256 e. The summed E-state index contributed by atoms with van der Waals surface area (Å²) in [6.07, 6.45) is 3.38. The molecule has 9 heteroatoms. The minimum atomic E-state index is -0.681. The second-order valence-electron chi connectivity index (χ2n) is 8.72. The van der Waals surface area contributed by atoms with Crippen molar-refractivity contribution in [1.29, 1.82) is 0 Å². The third kappa shape index (κ3) is 4.63. The molecule has 1 atom stereocenters. The van der Waals surface area contributed by atoms with Gasteiger partial charge in [-0.1, -0.05) is 30.3 Å². The first-order chi connectivity index (χ1) is 17.0. The zero-order valence-electron chi connectivity index (χ0n) is 19.8. The van der Waals surface area contributed by atoms with E-state index in [-0.39, 0.29) is 11.8 Å². The van der Waals surface area contributed by atoms with E-state index in [4.69, 9.17) is 4.74 Å². The van der Waals surface area contributed by atoms with Gasteiger partial charge in [-0.25, -0.2) is 0 Å². The molecule has 2 aromatic carbocycles. The van der Waals surface area contributed by atoms with E-state index in [2.05, 4.69) is 25.3 Å². The maximum atomic E-state index is 13.1. The average molecular weight is 473 g/mol. The first-order valence-corrected chi connectivity index (χ1v) is 11.5. The van der Waals surface area contributed by atoms with E-state index in [0.717, 1.165) is 35.6 Å². The molecule has 0 saturated heterocycles. The summed E-state index contributed by atoms with van der Waals surface area (Å²) in [7, 11) is 3.57. The number of aromatic amines is 1. The first-order valence-electron chi connectivity index (χ1n) is 11.5. The van der Waals surface area contributed by atoms with Gasteiger partial charge in [-0.2, -0.15) is 5.10 Å². The van der Waals surface area contributed by atoms with Crippen LogP contribution in [0.5, 0.6) is 0 Å². The van der Waals surface area contributed by atoms with E-state index in [1.807, 2.05) is 74.0 Å². The molecule has 0 radical (unpaired) electrons. The molecule has 180 valence electrons. The van der Waals surface area contributed by atoms with Crippen molar-refractivity contribution < 1.29 is 14.3 Å². The van der Waals surface area contributed by atoms with E-state index in [1.54, 1.807) is 4.90 Å². The zero-order chi connectivity index (χ0) is 24.4. The van der Waals surface area contributed by atoms with Gasteiger partial charge in [0.2, 0.25) is 0 Å². The van der Waals surface area contributed by atoms with Crippen molar-refractivity contribution >= 4 is 23.3 Å². The number of carbonyl (C=O) groups is 2. The Kier molecular flexibility index (Phi) is 6.24. The summed E-state index contributed by atoms with van der Waals surface area (Å²) in [5, 5.41) is 10.1. The summed E-state index contributed by atoms with van der Waals surface area (Å²) in [5.74, 6) is 0.0674. The van der Waals surface area contributed by atoms with Crippen molar-refractivity contribution in [2.45, 2.75) is 19.2 Å². The summed E-state index contributed by atoms with van der Waals surface area (Å²) in [5.41, 5.74) is 4.00. The Morgan fingerprint density at radius 2 is 1.80 bits per heavy atom. The SMILES string of the molecule is CO[C@@H](C(=O)N1Cc2[nH]nc(NC(=O)c3ccc(N4C=CN(C)CC4)cc3)c2C1)c1ccccc1. The molecule has 0 bridgehead atoms. The molecule has 2 amide bonds. The number of H-pyrrole nitrogens is 1. The van der Waals surface area contributed by atoms with E-state index in [0.29, 0.717) is 24.5 Å². The molecule has 3 aromatic rings. The van der Waals surface area contributed by atoms with Gasteiger partial charge in [-0.3, -0.25) is 14.7 Å². The number of carbonyl (C=O) groups excluding carboxylic acids is 2. The molecule has 2 aliphatic rings. The number of amides is 2. The number of fused-ring (bicyclic) bond motifs is 1. The average Bonchev–Trinajstić information content (AvgIpc) is 3.48. The van der Waals surface area contributed by atoms with Crippen LogP contribution in [0.1, 0.15) is 33.3 Å².